The first-order valence-corrected chi connectivity index (χ1v) is 4.05. The first-order valence-electron chi connectivity index (χ1n) is 4.05. The summed E-state index contributed by atoms with van der Waals surface area (Å²) in [4.78, 5) is 26.1. The van der Waals surface area contributed by atoms with Crippen LogP contribution in [0.15, 0.2) is 4.99 Å². The van der Waals surface area contributed by atoms with E-state index in [1.54, 1.807) is 13.8 Å². The van der Waals surface area contributed by atoms with Crippen LogP contribution in [-0.4, -0.2) is 23.2 Å². The molecule has 0 aliphatic carbocycles. The van der Waals surface area contributed by atoms with Gasteiger partial charge in [-0.05, 0) is 20.8 Å². The summed E-state index contributed by atoms with van der Waals surface area (Å²) in [6.45, 7) is 4.87. The molecule has 1 aliphatic heterocycles. The fourth-order valence-corrected chi connectivity index (χ4v) is 0.877. The van der Waals surface area contributed by atoms with E-state index in [2.05, 4.69) is 10.3 Å². The number of rotatable bonds is 1. The van der Waals surface area contributed by atoms with Crippen molar-refractivity contribution in [1.29, 1.82) is 0 Å². The van der Waals surface area contributed by atoms with E-state index in [9.17, 15) is 9.59 Å². The number of carbonyl (C=O) groups is 2. The predicted octanol–water partition coefficient (Wildman–Crippen LogP) is -0.585. The van der Waals surface area contributed by atoms with Crippen LogP contribution < -0.4 is 11.1 Å². The Labute approximate surface area is 76.4 Å². The number of carbonyl (C=O) groups excluding carboxylic acids is 2. The van der Waals surface area contributed by atoms with E-state index < -0.39 is 17.4 Å². The SMILES string of the molecule is CC1C(=O)N=C(C(C)(C)N)NC1=O. The van der Waals surface area contributed by atoms with E-state index in [-0.39, 0.29) is 11.7 Å². The zero-order chi connectivity index (χ0) is 10.2. The van der Waals surface area contributed by atoms with Gasteiger partial charge in [0.1, 0.15) is 11.8 Å². The maximum absolute atomic E-state index is 11.2. The molecule has 0 saturated carbocycles. The fraction of sp³-hybridized carbons (Fsp3) is 0.625. The second-order valence-electron chi connectivity index (χ2n) is 3.73. The van der Waals surface area contributed by atoms with Crippen molar-refractivity contribution in [3.63, 3.8) is 0 Å². The number of amidine groups is 1. The van der Waals surface area contributed by atoms with Crippen LogP contribution in [0.3, 0.4) is 0 Å². The zero-order valence-electron chi connectivity index (χ0n) is 7.92. The van der Waals surface area contributed by atoms with Crippen LogP contribution in [0.25, 0.3) is 0 Å². The van der Waals surface area contributed by atoms with Gasteiger partial charge in [-0.25, -0.2) is 0 Å². The molecule has 1 heterocycles. The highest BCUT2D eigenvalue weighted by Crippen LogP contribution is 2.09. The number of amides is 2. The van der Waals surface area contributed by atoms with E-state index in [0.717, 1.165) is 0 Å². The van der Waals surface area contributed by atoms with Gasteiger partial charge in [0.25, 0.3) is 5.91 Å². The largest absolute Gasteiger partial charge is 0.319 e. The van der Waals surface area contributed by atoms with E-state index >= 15 is 0 Å². The van der Waals surface area contributed by atoms with Crippen LogP contribution in [-0.2, 0) is 9.59 Å². The normalized spacial score (nSPS) is 24.0. The van der Waals surface area contributed by atoms with Gasteiger partial charge in [0.2, 0.25) is 5.91 Å². The van der Waals surface area contributed by atoms with Crippen molar-refractivity contribution in [1.82, 2.24) is 5.32 Å². The number of hydrogen-bond acceptors (Lipinski definition) is 3. The van der Waals surface area contributed by atoms with Gasteiger partial charge in [0.05, 0.1) is 5.54 Å². The Bertz CT molecular complexity index is 288. The molecule has 1 unspecified atom stereocenters. The number of nitrogens with two attached hydrogens (primary N) is 1. The minimum absolute atomic E-state index is 0.237. The van der Waals surface area contributed by atoms with Crippen molar-refractivity contribution >= 4 is 17.6 Å². The third-order valence-corrected chi connectivity index (χ3v) is 1.84. The molecule has 0 saturated heterocycles. The summed E-state index contributed by atoms with van der Waals surface area (Å²) < 4.78 is 0. The summed E-state index contributed by atoms with van der Waals surface area (Å²) in [6.07, 6.45) is 0. The van der Waals surface area contributed by atoms with Crippen LogP contribution >= 0.6 is 0 Å². The lowest BCUT2D eigenvalue weighted by Crippen LogP contribution is -2.55. The Kier molecular flexibility index (Phi) is 2.21. The Morgan fingerprint density at radius 1 is 1.46 bits per heavy atom. The topological polar surface area (TPSA) is 84.6 Å². The number of hydrogen-bond donors (Lipinski definition) is 2. The van der Waals surface area contributed by atoms with Crippen molar-refractivity contribution in [2.24, 2.45) is 16.6 Å². The molecule has 2 amide bonds. The molecular weight excluding hydrogens is 170 g/mol. The molecule has 5 heteroatoms. The van der Waals surface area contributed by atoms with Gasteiger partial charge in [-0.1, -0.05) is 0 Å². The van der Waals surface area contributed by atoms with Crippen molar-refractivity contribution < 1.29 is 9.59 Å². The molecule has 0 aromatic heterocycles. The summed E-state index contributed by atoms with van der Waals surface area (Å²) in [5.74, 6) is -1.24. The summed E-state index contributed by atoms with van der Waals surface area (Å²) in [5, 5.41) is 2.50. The van der Waals surface area contributed by atoms with Crippen LogP contribution in [0.5, 0.6) is 0 Å². The highest BCUT2D eigenvalue weighted by Gasteiger charge is 2.32. The van der Waals surface area contributed by atoms with Gasteiger partial charge in [-0.15, -0.1) is 0 Å². The standard InChI is InChI=1S/C8H13N3O2/c1-4-5(12)10-7(8(2,3)9)11-6(4)13/h4H,9H2,1-3H3,(H,10,11,12,13). The third kappa shape index (κ3) is 1.92. The summed E-state index contributed by atoms with van der Waals surface area (Å²) in [6, 6.07) is 0. The smallest absolute Gasteiger partial charge is 0.259 e. The molecule has 0 fully saturated rings. The monoisotopic (exact) mass is 183 g/mol. The third-order valence-electron chi connectivity index (χ3n) is 1.84. The van der Waals surface area contributed by atoms with Gasteiger partial charge < -0.3 is 11.1 Å². The lowest BCUT2D eigenvalue weighted by atomic mass is 10.0. The highest BCUT2D eigenvalue weighted by atomic mass is 16.2. The quantitative estimate of drug-likeness (QED) is 0.533. The molecule has 1 rings (SSSR count). The minimum atomic E-state index is -0.786. The molecule has 1 aliphatic rings. The Balaban J connectivity index is 2.99. The molecule has 72 valence electrons. The van der Waals surface area contributed by atoms with Gasteiger partial charge in [-0.3, -0.25) is 9.59 Å². The lowest BCUT2D eigenvalue weighted by Gasteiger charge is -2.26. The second kappa shape index (κ2) is 2.92. The van der Waals surface area contributed by atoms with Gasteiger partial charge in [0, 0.05) is 0 Å². The molecule has 0 radical (unpaired) electrons. The van der Waals surface area contributed by atoms with Crippen molar-refractivity contribution in [2.75, 3.05) is 0 Å². The van der Waals surface area contributed by atoms with Gasteiger partial charge in [0.15, 0.2) is 0 Å². The van der Waals surface area contributed by atoms with Crippen molar-refractivity contribution in [3.05, 3.63) is 0 Å². The van der Waals surface area contributed by atoms with Gasteiger partial charge >= 0.3 is 0 Å². The number of nitrogens with one attached hydrogen (secondary N) is 1. The number of nitrogens with zero attached hydrogens (tertiary/aromatic N) is 1. The van der Waals surface area contributed by atoms with Crippen LogP contribution in [0.2, 0.25) is 0 Å². The Morgan fingerprint density at radius 2 is 2.00 bits per heavy atom. The molecule has 3 N–H and O–H groups in total. The first kappa shape index (κ1) is 9.85. The molecule has 0 bridgehead atoms. The van der Waals surface area contributed by atoms with Crippen LogP contribution in [0.1, 0.15) is 20.8 Å². The maximum atomic E-state index is 11.2. The lowest BCUT2D eigenvalue weighted by molar-refractivity contribution is -0.132. The van der Waals surface area contributed by atoms with E-state index in [1.807, 2.05) is 0 Å². The van der Waals surface area contributed by atoms with E-state index in [0.29, 0.717) is 0 Å². The number of aliphatic imine (C=N–C) groups is 1. The van der Waals surface area contributed by atoms with Gasteiger partial charge in [-0.2, -0.15) is 4.99 Å². The zero-order valence-corrected chi connectivity index (χ0v) is 7.92. The Morgan fingerprint density at radius 3 is 2.38 bits per heavy atom. The van der Waals surface area contributed by atoms with Crippen LogP contribution in [0, 0.1) is 5.92 Å². The van der Waals surface area contributed by atoms with Crippen molar-refractivity contribution in [2.45, 2.75) is 26.3 Å². The summed E-state index contributed by atoms with van der Waals surface area (Å²) >= 11 is 0. The molecule has 1 atom stereocenters. The summed E-state index contributed by atoms with van der Waals surface area (Å²) in [5.41, 5.74) is 4.90. The molecule has 13 heavy (non-hydrogen) atoms. The second-order valence-corrected chi connectivity index (χ2v) is 3.73. The van der Waals surface area contributed by atoms with E-state index in [4.69, 9.17) is 5.73 Å². The molecule has 0 spiro atoms. The fourth-order valence-electron chi connectivity index (χ4n) is 0.877. The van der Waals surface area contributed by atoms with E-state index in [1.165, 1.54) is 6.92 Å². The van der Waals surface area contributed by atoms with Crippen LogP contribution in [0.4, 0.5) is 0 Å². The maximum Gasteiger partial charge on any atom is 0.259 e. The first-order chi connectivity index (χ1) is 5.82. The Hall–Kier alpha value is -1.23. The summed E-state index contributed by atoms with van der Waals surface area (Å²) in [7, 11) is 0. The average molecular weight is 183 g/mol. The molecule has 0 aromatic carbocycles. The predicted molar refractivity (Wildman–Crippen MR) is 48.0 cm³/mol. The van der Waals surface area contributed by atoms with Crippen molar-refractivity contribution in [3.8, 4) is 0 Å². The molecule has 5 nitrogen and oxygen atoms in total. The average Bonchev–Trinajstić information content (AvgIpc) is 1.97. The highest BCUT2D eigenvalue weighted by molar-refractivity contribution is 6.17. The molecular formula is C8H13N3O2. The minimum Gasteiger partial charge on any atom is -0.319 e. The molecule has 0 aromatic rings.